The zero-order valence-corrected chi connectivity index (χ0v) is 32.3. The number of rotatable bonds is 23. The third-order valence-electron chi connectivity index (χ3n) is 4.74. The number of esters is 1. The minimum absolute atomic E-state index is 0.0792. The molecule has 1 unspecified atom stereocenters. The highest BCUT2D eigenvalue weighted by Crippen LogP contribution is 2.33. The zero-order valence-electron chi connectivity index (χ0n) is 22.7. The van der Waals surface area contributed by atoms with Crippen molar-refractivity contribution in [3.8, 4) is 0 Å². The molecule has 0 aliphatic carbocycles. The molecule has 0 rings (SSSR count). The average Bonchev–Trinajstić information content (AvgIpc) is 2.81. The summed E-state index contributed by atoms with van der Waals surface area (Å²) in [7, 11) is -7.37. The Bertz CT molecular complexity index is 516. The molecule has 10 nitrogen and oxygen atoms in total. The van der Waals surface area contributed by atoms with E-state index in [0.29, 0.717) is 13.0 Å². The van der Waals surface area contributed by atoms with Gasteiger partial charge in [0.25, 0.3) is 0 Å². The molecule has 0 heterocycles. The minimum atomic E-state index is -2.29. The smallest absolute Gasteiger partial charge is 0.330 e. The van der Waals surface area contributed by atoms with Crippen molar-refractivity contribution in [2.45, 2.75) is 76.0 Å². The van der Waals surface area contributed by atoms with E-state index in [-0.39, 0.29) is 13.2 Å². The number of carbonyl (C=O) groups is 1. The van der Waals surface area contributed by atoms with Gasteiger partial charge in [0.15, 0.2) is 58.6 Å². The Labute approximate surface area is 226 Å². The summed E-state index contributed by atoms with van der Waals surface area (Å²) in [6.07, 6.45) is 2.71. The monoisotopic (exact) mass is 620 g/mol. The number of ether oxygens (including phenoxy) is 2. The molecular formula is C18H48O10Si7. The van der Waals surface area contributed by atoms with Gasteiger partial charge in [0, 0.05) is 12.7 Å². The Kier molecular flexibility index (Phi) is 21.6. The van der Waals surface area contributed by atoms with Crippen LogP contribution in [0.2, 0.25) is 45.3 Å². The Morgan fingerprint density at radius 1 is 0.829 bits per heavy atom. The van der Waals surface area contributed by atoms with Crippen LogP contribution in [0.1, 0.15) is 13.3 Å². The summed E-state index contributed by atoms with van der Waals surface area (Å²) < 4.78 is 49.0. The summed E-state index contributed by atoms with van der Waals surface area (Å²) in [6.45, 7) is 14.6. The maximum absolute atomic E-state index is 11.4. The SMILES string of the molecule is CC=CC(=O)OCC(O)COCCC[SiH](C(O[SiH2]C)(O[SiH2]C)O[SiH2]C)C(O[SiH2]C)(O[SiH2]C)O[SiH2]C. The second kappa shape index (κ2) is 21.4. The van der Waals surface area contributed by atoms with E-state index >= 15 is 0 Å². The molecule has 0 amide bonds. The van der Waals surface area contributed by atoms with Gasteiger partial charge in [0.1, 0.15) is 12.7 Å². The quantitative estimate of drug-likeness (QED) is 0.0429. The first-order chi connectivity index (χ1) is 16.8. The van der Waals surface area contributed by atoms with Gasteiger partial charge in [-0.05, 0) is 19.4 Å². The number of hydrogen-bond acceptors (Lipinski definition) is 10. The Balaban J connectivity index is 5.53. The van der Waals surface area contributed by atoms with Crippen molar-refractivity contribution < 1.29 is 45.9 Å². The van der Waals surface area contributed by atoms with Crippen LogP contribution in [0.4, 0.5) is 0 Å². The summed E-state index contributed by atoms with van der Waals surface area (Å²) in [4.78, 5) is 11.4. The van der Waals surface area contributed by atoms with Gasteiger partial charge in [-0.15, -0.1) is 0 Å². The second-order valence-electron chi connectivity index (χ2n) is 7.36. The lowest BCUT2D eigenvalue weighted by Crippen LogP contribution is -2.68. The number of carbonyl (C=O) groups excluding carboxylic acids is 1. The van der Waals surface area contributed by atoms with Crippen LogP contribution in [0.3, 0.4) is 0 Å². The minimum Gasteiger partial charge on any atom is -0.460 e. The van der Waals surface area contributed by atoms with Crippen molar-refractivity contribution in [1.29, 1.82) is 0 Å². The molecule has 0 radical (unpaired) electrons. The molecule has 0 aromatic heterocycles. The largest absolute Gasteiger partial charge is 0.460 e. The molecule has 0 aliphatic heterocycles. The van der Waals surface area contributed by atoms with Gasteiger partial charge in [0.2, 0.25) is 20.0 Å². The molecule has 0 spiro atoms. The van der Waals surface area contributed by atoms with Gasteiger partial charge in [0.05, 0.1) is 6.61 Å². The van der Waals surface area contributed by atoms with Gasteiger partial charge < -0.3 is 41.1 Å². The highest BCUT2D eigenvalue weighted by Gasteiger charge is 2.56. The van der Waals surface area contributed by atoms with Crippen LogP contribution in [0.25, 0.3) is 0 Å². The zero-order chi connectivity index (χ0) is 26.6. The van der Waals surface area contributed by atoms with Crippen molar-refractivity contribution in [2.24, 2.45) is 0 Å². The molecule has 0 saturated carbocycles. The van der Waals surface area contributed by atoms with Crippen LogP contribution in [-0.4, -0.2) is 116 Å². The second-order valence-corrected chi connectivity index (χ2v) is 15.7. The summed E-state index contributed by atoms with van der Waals surface area (Å²) in [5.41, 5.74) is -2.14. The first-order valence-corrected chi connectivity index (χ1v) is 26.7. The van der Waals surface area contributed by atoms with Crippen LogP contribution in [-0.2, 0) is 40.8 Å². The normalized spacial score (nSPS) is 19.2. The first kappa shape index (κ1) is 35.4. The lowest BCUT2D eigenvalue weighted by atomic mass is 10.4. The molecule has 208 valence electrons. The molecule has 0 bridgehead atoms. The number of allylic oxidation sites excluding steroid dienone is 1. The van der Waals surface area contributed by atoms with Gasteiger partial charge in [-0.1, -0.05) is 45.4 Å². The predicted octanol–water partition coefficient (Wildman–Crippen LogP) is -2.62. The Morgan fingerprint density at radius 3 is 1.63 bits per heavy atom. The lowest BCUT2D eigenvalue weighted by Gasteiger charge is -2.48. The topological polar surface area (TPSA) is 111 Å². The molecule has 17 heteroatoms. The van der Waals surface area contributed by atoms with Crippen LogP contribution < -0.4 is 0 Å². The molecule has 35 heavy (non-hydrogen) atoms. The van der Waals surface area contributed by atoms with Crippen LogP contribution in [0.15, 0.2) is 12.2 Å². The highest BCUT2D eigenvalue weighted by molar-refractivity contribution is 6.66. The van der Waals surface area contributed by atoms with Gasteiger partial charge in [-0.2, -0.15) is 0 Å². The maximum atomic E-state index is 11.4. The van der Waals surface area contributed by atoms with E-state index in [2.05, 4.69) is 39.3 Å². The number of hydrogen-bond donors (Lipinski definition) is 1. The van der Waals surface area contributed by atoms with Gasteiger partial charge in [-0.3, -0.25) is 0 Å². The van der Waals surface area contributed by atoms with Crippen LogP contribution >= 0.6 is 0 Å². The highest BCUT2D eigenvalue weighted by atomic mass is 28.3. The summed E-state index contributed by atoms with van der Waals surface area (Å²) in [5, 5.41) is 10.0. The molecule has 0 aromatic carbocycles. The summed E-state index contributed by atoms with van der Waals surface area (Å²) in [5.74, 6) is -0.482. The molecule has 0 aliphatic rings. The number of aliphatic hydroxyl groups is 1. The Morgan fingerprint density at radius 2 is 1.26 bits per heavy atom. The third kappa shape index (κ3) is 13.2. The Hall–Kier alpha value is 0.408. The fourth-order valence-corrected chi connectivity index (χ4v) is 17.6. The van der Waals surface area contributed by atoms with Crippen LogP contribution in [0.5, 0.6) is 0 Å². The first-order valence-electron chi connectivity index (χ1n) is 12.7. The van der Waals surface area contributed by atoms with Gasteiger partial charge >= 0.3 is 5.97 Å². The molecule has 0 aromatic rings. The van der Waals surface area contributed by atoms with E-state index in [0.717, 1.165) is 6.04 Å². The molecule has 1 atom stereocenters. The van der Waals surface area contributed by atoms with Crippen molar-refractivity contribution >= 4 is 73.3 Å². The van der Waals surface area contributed by atoms with E-state index in [1.54, 1.807) is 13.0 Å². The summed E-state index contributed by atoms with van der Waals surface area (Å²) in [6, 6.07) is 0.723. The molecule has 1 N–H and O–H groups in total. The van der Waals surface area contributed by atoms with Crippen molar-refractivity contribution in [3.05, 3.63) is 12.2 Å². The van der Waals surface area contributed by atoms with E-state index in [4.69, 9.17) is 36.0 Å². The standard InChI is InChI=1S/C18H48O10Si7/c1-8-10-16(20)22-14-15(19)13-21-11-9-12-35(17(23-29-2,24-30-3)25-31-4)18(26-32-5,27-33-6)28-34-7/h8,10,15,19,35H,9,11-14,29-34H2,1-7H3. The molecule has 0 fully saturated rings. The fourth-order valence-electron chi connectivity index (χ4n) is 3.65. The molecule has 0 saturated heterocycles. The van der Waals surface area contributed by atoms with Crippen molar-refractivity contribution in [3.63, 3.8) is 0 Å². The summed E-state index contributed by atoms with van der Waals surface area (Å²) >= 11 is 0. The molecular weight excluding hydrogens is 573 g/mol. The lowest BCUT2D eigenvalue weighted by molar-refractivity contribution is -0.238. The van der Waals surface area contributed by atoms with Crippen LogP contribution in [0, 0.1) is 0 Å². The predicted molar refractivity (Wildman–Crippen MR) is 158 cm³/mol. The van der Waals surface area contributed by atoms with E-state index in [9.17, 15) is 9.90 Å². The third-order valence-corrected chi connectivity index (χ3v) is 14.6. The average molecular weight is 621 g/mol. The van der Waals surface area contributed by atoms with E-state index in [1.165, 1.54) is 6.08 Å². The van der Waals surface area contributed by atoms with Gasteiger partial charge in [-0.25, -0.2) is 4.79 Å². The van der Waals surface area contributed by atoms with Crippen molar-refractivity contribution in [2.75, 3.05) is 19.8 Å². The van der Waals surface area contributed by atoms with Crippen molar-refractivity contribution in [1.82, 2.24) is 0 Å². The maximum Gasteiger partial charge on any atom is 0.330 e. The fraction of sp³-hybridized carbons (Fsp3) is 0.833. The van der Waals surface area contributed by atoms with E-state index < -0.39 is 90.6 Å². The number of aliphatic hydroxyl groups excluding tert-OH is 1. The van der Waals surface area contributed by atoms with E-state index in [1.807, 2.05) is 0 Å².